The van der Waals surface area contributed by atoms with Gasteiger partial charge in [-0.15, -0.1) is 10.2 Å². The van der Waals surface area contributed by atoms with Crippen molar-refractivity contribution in [3.8, 4) is 22.5 Å². The second-order valence-corrected chi connectivity index (χ2v) is 6.47. The molecule has 1 fully saturated rings. The number of rotatable bonds is 4. The smallest absolute Gasteiger partial charge is 0.242 e. The van der Waals surface area contributed by atoms with Gasteiger partial charge >= 0.3 is 0 Å². The quantitative estimate of drug-likeness (QED) is 0.428. The lowest BCUT2D eigenvalue weighted by Crippen LogP contribution is -2.68. The number of H-pyrrole nitrogens is 1. The van der Waals surface area contributed by atoms with Gasteiger partial charge in [0.2, 0.25) is 6.33 Å². The Balaban J connectivity index is 0.000000349. The molecule has 4 rings (SSSR count). The molecule has 0 amide bonds. The van der Waals surface area contributed by atoms with Crippen molar-refractivity contribution < 1.29 is 38.2 Å². The van der Waals surface area contributed by atoms with Crippen LogP contribution < -0.4 is 23.2 Å². The Labute approximate surface area is 152 Å². The highest BCUT2D eigenvalue weighted by molar-refractivity contribution is 5.75. The van der Waals surface area contributed by atoms with Crippen LogP contribution in [0.15, 0.2) is 67.0 Å². The molecule has 0 saturated carbocycles. The molecular formula is C18H17ClN2O5. The van der Waals surface area contributed by atoms with E-state index < -0.39 is 10.2 Å². The van der Waals surface area contributed by atoms with Crippen molar-refractivity contribution in [1.29, 1.82) is 0 Å². The first-order chi connectivity index (χ1) is 12.4. The average molecular weight is 377 g/mol. The monoisotopic (exact) mass is 376 g/mol. The molecule has 1 aliphatic rings. The second kappa shape index (κ2) is 7.96. The molecule has 0 aliphatic carbocycles. The van der Waals surface area contributed by atoms with Gasteiger partial charge in [-0.1, -0.05) is 60.7 Å². The van der Waals surface area contributed by atoms with Gasteiger partial charge in [0, 0.05) is 11.1 Å². The van der Waals surface area contributed by atoms with Gasteiger partial charge in [-0.2, -0.15) is 0 Å². The molecule has 8 heteroatoms. The number of imidazole rings is 1. The summed E-state index contributed by atoms with van der Waals surface area (Å²) in [5, 5.41) is 0. The van der Waals surface area contributed by atoms with Crippen LogP contribution in [0.3, 0.4) is 0 Å². The van der Waals surface area contributed by atoms with Gasteiger partial charge in [0.1, 0.15) is 12.6 Å². The Morgan fingerprint density at radius 1 is 0.923 bits per heavy atom. The van der Waals surface area contributed by atoms with Crippen molar-refractivity contribution in [3.05, 3.63) is 67.0 Å². The standard InChI is InChI=1S/C18H16N2O.ClHO4/c1-3-7-14(8-4-1)17-18(15-9-5-2-6-10-15)20(13-19-17)11-16-12-21-16;2-1(3,4)5/h1-10,13,16H,11-12H2;(H,2,3,4,5). The summed E-state index contributed by atoms with van der Waals surface area (Å²) in [5.74, 6) is 0. The average Bonchev–Trinajstić information content (AvgIpc) is 3.32. The van der Waals surface area contributed by atoms with Crippen molar-refractivity contribution in [2.75, 3.05) is 6.61 Å². The van der Waals surface area contributed by atoms with E-state index >= 15 is 0 Å². The largest absolute Gasteiger partial charge is 0.369 e. The highest BCUT2D eigenvalue weighted by Gasteiger charge is 2.29. The number of nitrogens with one attached hydrogen (secondary N) is 1. The van der Waals surface area contributed by atoms with Crippen molar-refractivity contribution >= 4 is 0 Å². The normalized spacial score (nSPS) is 15.9. The zero-order valence-electron chi connectivity index (χ0n) is 13.7. The van der Waals surface area contributed by atoms with E-state index in [9.17, 15) is 0 Å². The van der Waals surface area contributed by atoms with Gasteiger partial charge in [-0.25, -0.2) is 28.2 Å². The van der Waals surface area contributed by atoms with E-state index in [0.717, 1.165) is 18.8 Å². The van der Waals surface area contributed by atoms with Crippen LogP contribution in [0.2, 0.25) is 0 Å². The Morgan fingerprint density at radius 2 is 1.42 bits per heavy atom. The Hall–Kier alpha value is -2.26. The maximum Gasteiger partial charge on any atom is 0.242 e. The molecule has 3 aromatic rings. The highest BCUT2D eigenvalue weighted by atomic mass is 35.7. The third kappa shape index (κ3) is 5.37. The Bertz CT molecular complexity index is 824. The van der Waals surface area contributed by atoms with Crippen LogP contribution in [0.5, 0.6) is 0 Å². The first-order valence-electron chi connectivity index (χ1n) is 7.87. The summed E-state index contributed by atoms with van der Waals surface area (Å²) in [7, 11) is -4.94. The van der Waals surface area contributed by atoms with Crippen LogP contribution in [-0.2, 0) is 11.3 Å². The lowest BCUT2D eigenvalue weighted by atomic mass is 10.0. The van der Waals surface area contributed by atoms with Gasteiger partial charge in [0.15, 0.2) is 11.4 Å². The minimum atomic E-state index is -4.94. The zero-order valence-corrected chi connectivity index (χ0v) is 14.5. The van der Waals surface area contributed by atoms with Crippen LogP contribution in [0.1, 0.15) is 0 Å². The number of aromatic amines is 1. The molecule has 1 unspecified atom stereocenters. The van der Waals surface area contributed by atoms with Crippen LogP contribution in [0.4, 0.5) is 0 Å². The molecule has 1 atom stereocenters. The topological polar surface area (TPSA) is 124 Å². The van der Waals surface area contributed by atoms with Crippen LogP contribution in [0.25, 0.3) is 22.5 Å². The summed E-state index contributed by atoms with van der Waals surface area (Å²) in [6.45, 7) is 1.76. The van der Waals surface area contributed by atoms with E-state index in [1.54, 1.807) is 0 Å². The predicted octanol–water partition coefficient (Wildman–Crippen LogP) is -1.72. The van der Waals surface area contributed by atoms with Gasteiger partial charge in [0.05, 0.1) is 6.61 Å². The number of aromatic nitrogens is 2. The number of benzene rings is 2. The molecule has 0 radical (unpaired) electrons. The van der Waals surface area contributed by atoms with E-state index in [-0.39, 0.29) is 0 Å². The van der Waals surface area contributed by atoms with E-state index in [0.29, 0.717) is 6.10 Å². The van der Waals surface area contributed by atoms with E-state index in [2.05, 4.69) is 58.1 Å². The number of hydrogen-bond acceptors (Lipinski definition) is 5. The van der Waals surface area contributed by atoms with Gasteiger partial charge in [-0.3, -0.25) is 0 Å². The highest BCUT2D eigenvalue weighted by Crippen LogP contribution is 2.28. The van der Waals surface area contributed by atoms with E-state index in [1.165, 1.54) is 16.8 Å². The molecule has 7 nitrogen and oxygen atoms in total. The summed E-state index contributed by atoms with van der Waals surface area (Å²) < 4.78 is 41.6. The van der Waals surface area contributed by atoms with Crippen molar-refractivity contribution in [1.82, 2.24) is 4.98 Å². The summed E-state index contributed by atoms with van der Waals surface area (Å²) in [6, 6.07) is 21.0. The minimum Gasteiger partial charge on any atom is -0.369 e. The Kier molecular flexibility index (Phi) is 5.67. The Morgan fingerprint density at radius 3 is 1.92 bits per heavy atom. The molecule has 1 aromatic heterocycles. The molecule has 0 spiro atoms. The fourth-order valence-electron chi connectivity index (χ4n) is 2.69. The number of halogens is 1. The van der Waals surface area contributed by atoms with Crippen molar-refractivity contribution in [3.63, 3.8) is 0 Å². The lowest BCUT2D eigenvalue weighted by Gasteiger charge is -2.17. The van der Waals surface area contributed by atoms with Crippen molar-refractivity contribution in [2.24, 2.45) is 0 Å². The predicted molar refractivity (Wildman–Crippen MR) is 81.6 cm³/mol. The van der Waals surface area contributed by atoms with Crippen molar-refractivity contribution in [2.45, 2.75) is 12.6 Å². The van der Waals surface area contributed by atoms with Gasteiger partial charge in [0.25, 0.3) is 0 Å². The number of nitrogens with zero attached hydrogens (tertiary/aromatic N) is 1. The van der Waals surface area contributed by atoms with E-state index in [1.807, 2.05) is 18.5 Å². The molecular weight excluding hydrogens is 360 g/mol. The van der Waals surface area contributed by atoms with Gasteiger partial charge in [-0.05, 0) is 0 Å². The SMILES string of the molecule is [O-][Cl+3]([O-])([O-])[O-].c1ccc(-c2[nH]c[n+](CC3CO3)c2-c2ccccc2)cc1. The molecule has 2 aromatic carbocycles. The summed E-state index contributed by atoms with van der Waals surface area (Å²) in [4.78, 5) is 3.43. The number of epoxide rings is 1. The molecule has 1 aliphatic heterocycles. The second-order valence-electron chi connectivity index (χ2n) is 5.71. The molecule has 136 valence electrons. The molecule has 26 heavy (non-hydrogen) atoms. The summed E-state index contributed by atoms with van der Waals surface area (Å²) >= 11 is 0. The fraction of sp³-hybridized carbons (Fsp3) is 0.167. The molecule has 0 bridgehead atoms. The van der Waals surface area contributed by atoms with Crippen LogP contribution in [-0.4, -0.2) is 17.7 Å². The maximum atomic E-state index is 8.49. The summed E-state index contributed by atoms with van der Waals surface area (Å²) in [5.41, 5.74) is 4.80. The van der Waals surface area contributed by atoms with Gasteiger partial charge < -0.3 is 4.74 Å². The van der Waals surface area contributed by atoms with Crippen LogP contribution >= 0.6 is 0 Å². The minimum absolute atomic E-state index is 0.358. The van der Waals surface area contributed by atoms with Crippen LogP contribution in [0, 0.1) is 10.2 Å². The first-order valence-corrected chi connectivity index (χ1v) is 9.10. The fourth-order valence-corrected chi connectivity index (χ4v) is 2.69. The van der Waals surface area contributed by atoms with E-state index in [4.69, 9.17) is 23.4 Å². The first kappa shape index (κ1) is 18.5. The lowest BCUT2D eigenvalue weighted by molar-refractivity contribution is -2.00. The molecule has 2 heterocycles. The molecule has 1 saturated heterocycles. The third-order valence-electron chi connectivity index (χ3n) is 3.80. The maximum absolute atomic E-state index is 8.49. The summed E-state index contributed by atoms with van der Waals surface area (Å²) in [6.07, 6.45) is 2.41. The molecule has 1 N–H and O–H groups in total. The zero-order chi connectivity index (χ0) is 18.6. The number of ether oxygens (including phenoxy) is 1. The number of hydrogen-bond donors (Lipinski definition) is 1. The third-order valence-corrected chi connectivity index (χ3v) is 3.80.